The maximum absolute atomic E-state index is 8.78. The summed E-state index contributed by atoms with van der Waals surface area (Å²) in [7, 11) is 0. The Bertz CT molecular complexity index is 540. The van der Waals surface area contributed by atoms with E-state index in [0.29, 0.717) is 14.2 Å². The van der Waals surface area contributed by atoms with Crippen molar-refractivity contribution in [2.45, 2.75) is 0 Å². The summed E-state index contributed by atoms with van der Waals surface area (Å²) in [6.45, 7) is 0. The molecule has 0 bridgehead atoms. The molecule has 2 rings (SSSR count). The average molecular weight is 254 g/mol. The van der Waals surface area contributed by atoms with Gasteiger partial charge in [-0.2, -0.15) is 5.26 Å². The van der Waals surface area contributed by atoms with E-state index in [2.05, 4.69) is 6.07 Å². The minimum Gasteiger partial charge on any atom is -0.192 e. The third kappa shape index (κ3) is 2.15. The first-order valence-corrected chi connectivity index (χ1v) is 5.73. The van der Waals surface area contributed by atoms with E-state index in [-0.39, 0.29) is 0 Å². The van der Waals surface area contributed by atoms with Crippen molar-refractivity contribution in [3.05, 3.63) is 44.6 Å². The molecule has 0 amide bonds. The molecular weight excluding hydrogens is 249 g/mol. The molecule has 0 N–H and O–H groups in total. The number of halogens is 2. The van der Waals surface area contributed by atoms with Crippen LogP contribution in [-0.2, 0) is 0 Å². The standard InChI is InChI=1S/C11H5Cl2NS/c12-10-5-9(11(13)15-10)8-3-1-2-7(4-8)6-14/h1-5H. The first-order valence-electron chi connectivity index (χ1n) is 4.16. The van der Waals surface area contributed by atoms with E-state index in [1.165, 1.54) is 11.3 Å². The molecule has 0 unspecified atom stereocenters. The summed E-state index contributed by atoms with van der Waals surface area (Å²) in [5.74, 6) is 0. The zero-order valence-corrected chi connectivity index (χ0v) is 9.83. The number of benzene rings is 1. The van der Waals surface area contributed by atoms with Crippen LogP contribution in [0.5, 0.6) is 0 Å². The zero-order valence-electron chi connectivity index (χ0n) is 7.50. The number of nitriles is 1. The maximum atomic E-state index is 8.78. The molecule has 1 nitrogen and oxygen atoms in total. The summed E-state index contributed by atoms with van der Waals surface area (Å²) in [6.07, 6.45) is 0. The number of hydrogen-bond acceptors (Lipinski definition) is 2. The van der Waals surface area contributed by atoms with Gasteiger partial charge < -0.3 is 0 Å². The Labute approximate surface area is 101 Å². The van der Waals surface area contributed by atoms with Crippen LogP contribution >= 0.6 is 34.5 Å². The van der Waals surface area contributed by atoms with Crippen molar-refractivity contribution in [3.8, 4) is 17.2 Å². The third-order valence-electron chi connectivity index (χ3n) is 1.96. The average Bonchev–Trinajstić information content (AvgIpc) is 2.58. The lowest BCUT2D eigenvalue weighted by atomic mass is 10.1. The van der Waals surface area contributed by atoms with Crippen LogP contribution in [0.4, 0.5) is 0 Å². The molecule has 0 saturated carbocycles. The highest BCUT2D eigenvalue weighted by Crippen LogP contribution is 2.38. The molecule has 4 heteroatoms. The van der Waals surface area contributed by atoms with Crippen LogP contribution in [0.15, 0.2) is 30.3 Å². The SMILES string of the molecule is N#Cc1cccc(-c2cc(Cl)sc2Cl)c1. The molecule has 0 spiro atoms. The topological polar surface area (TPSA) is 23.8 Å². The van der Waals surface area contributed by atoms with Gasteiger partial charge in [-0.3, -0.25) is 0 Å². The second-order valence-electron chi connectivity index (χ2n) is 2.93. The van der Waals surface area contributed by atoms with Crippen LogP contribution in [0.3, 0.4) is 0 Å². The predicted molar refractivity (Wildman–Crippen MR) is 64.5 cm³/mol. The smallest absolute Gasteiger partial charge is 0.102 e. The van der Waals surface area contributed by atoms with E-state index in [1.54, 1.807) is 12.1 Å². The fourth-order valence-corrected chi connectivity index (χ4v) is 2.80. The van der Waals surface area contributed by atoms with Crippen molar-refractivity contribution < 1.29 is 0 Å². The number of thiophene rings is 1. The zero-order chi connectivity index (χ0) is 10.8. The van der Waals surface area contributed by atoms with Gasteiger partial charge in [0.25, 0.3) is 0 Å². The van der Waals surface area contributed by atoms with Gasteiger partial charge in [-0.05, 0) is 23.8 Å². The minimum absolute atomic E-state index is 0.617. The predicted octanol–water partition coefficient (Wildman–Crippen LogP) is 4.59. The summed E-state index contributed by atoms with van der Waals surface area (Å²) >= 11 is 13.2. The summed E-state index contributed by atoms with van der Waals surface area (Å²) in [6, 6.07) is 11.2. The molecule has 0 atom stereocenters. The molecule has 2 aromatic rings. The van der Waals surface area contributed by atoms with Gasteiger partial charge in [-0.25, -0.2) is 0 Å². The van der Waals surface area contributed by atoms with Gasteiger partial charge >= 0.3 is 0 Å². The number of hydrogen-bond donors (Lipinski definition) is 0. The molecule has 0 aliphatic heterocycles. The fourth-order valence-electron chi connectivity index (χ4n) is 1.29. The lowest BCUT2D eigenvalue weighted by Gasteiger charge is -1.98. The quantitative estimate of drug-likeness (QED) is 0.729. The highest BCUT2D eigenvalue weighted by molar-refractivity contribution is 7.20. The van der Waals surface area contributed by atoms with Crippen molar-refractivity contribution in [1.29, 1.82) is 5.26 Å². The van der Waals surface area contributed by atoms with Crippen LogP contribution in [0, 0.1) is 11.3 Å². The molecule has 1 aromatic heterocycles. The summed E-state index contributed by atoms with van der Waals surface area (Å²) in [5, 5.41) is 8.78. The van der Waals surface area contributed by atoms with E-state index >= 15 is 0 Å². The third-order valence-corrected chi connectivity index (χ3v) is 3.45. The molecule has 0 aliphatic carbocycles. The summed E-state index contributed by atoms with van der Waals surface area (Å²) in [4.78, 5) is 0. The number of rotatable bonds is 1. The van der Waals surface area contributed by atoms with Gasteiger partial charge in [-0.1, -0.05) is 35.3 Å². The van der Waals surface area contributed by atoms with Crippen LogP contribution in [0.1, 0.15) is 5.56 Å². The van der Waals surface area contributed by atoms with Crippen LogP contribution in [-0.4, -0.2) is 0 Å². The van der Waals surface area contributed by atoms with Crippen molar-refractivity contribution in [3.63, 3.8) is 0 Å². The molecule has 15 heavy (non-hydrogen) atoms. The second kappa shape index (κ2) is 4.24. The Balaban J connectivity index is 2.55. The Kier molecular flexibility index (Phi) is 2.97. The Morgan fingerprint density at radius 1 is 1.20 bits per heavy atom. The largest absolute Gasteiger partial charge is 0.192 e. The second-order valence-corrected chi connectivity index (χ2v) is 5.22. The molecule has 0 fully saturated rings. The number of nitrogens with zero attached hydrogens (tertiary/aromatic N) is 1. The summed E-state index contributed by atoms with van der Waals surface area (Å²) < 4.78 is 1.30. The molecule has 74 valence electrons. The first-order chi connectivity index (χ1) is 7.20. The highest BCUT2D eigenvalue weighted by atomic mass is 35.5. The van der Waals surface area contributed by atoms with Crippen molar-refractivity contribution in [2.24, 2.45) is 0 Å². The molecule has 1 aromatic carbocycles. The van der Waals surface area contributed by atoms with Crippen LogP contribution < -0.4 is 0 Å². The lowest BCUT2D eigenvalue weighted by Crippen LogP contribution is -1.77. The van der Waals surface area contributed by atoms with Crippen LogP contribution in [0.25, 0.3) is 11.1 Å². The van der Waals surface area contributed by atoms with Gasteiger partial charge in [0.2, 0.25) is 0 Å². The lowest BCUT2D eigenvalue weighted by molar-refractivity contribution is 1.48. The van der Waals surface area contributed by atoms with Gasteiger partial charge in [0.05, 0.1) is 16.0 Å². The fraction of sp³-hybridized carbons (Fsp3) is 0. The molecule has 0 radical (unpaired) electrons. The molecular formula is C11H5Cl2NS. The first kappa shape index (κ1) is 10.5. The van der Waals surface area contributed by atoms with Gasteiger partial charge in [-0.15, -0.1) is 11.3 Å². The molecule has 1 heterocycles. The normalized spacial score (nSPS) is 9.93. The monoisotopic (exact) mass is 253 g/mol. The Hall–Kier alpha value is -1.01. The minimum atomic E-state index is 0.617. The van der Waals surface area contributed by atoms with Gasteiger partial charge in [0.15, 0.2) is 0 Å². The van der Waals surface area contributed by atoms with Crippen molar-refractivity contribution in [1.82, 2.24) is 0 Å². The Morgan fingerprint density at radius 3 is 2.60 bits per heavy atom. The highest BCUT2D eigenvalue weighted by Gasteiger charge is 2.08. The Morgan fingerprint density at radius 2 is 2.00 bits per heavy atom. The van der Waals surface area contributed by atoms with Crippen LogP contribution in [0.2, 0.25) is 8.67 Å². The van der Waals surface area contributed by atoms with E-state index in [9.17, 15) is 0 Å². The van der Waals surface area contributed by atoms with E-state index in [0.717, 1.165) is 11.1 Å². The van der Waals surface area contributed by atoms with E-state index < -0.39 is 0 Å². The van der Waals surface area contributed by atoms with E-state index in [4.69, 9.17) is 28.5 Å². The van der Waals surface area contributed by atoms with Crippen molar-refractivity contribution >= 4 is 34.5 Å². The maximum Gasteiger partial charge on any atom is 0.102 e. The van der Waals surface area contributed by atoms with Gasteiger partial charge in [0.1, 0.15) is 4.34 Å². The molecule has 0 aliphatic rings. The van der Waals surface area contributed by atoms with Gasteiger partial charge in [0, 0.05) is 5.56 Å². The molecule has 0 saturated heterocycles. The van der Waals surface area contributed by atoms with E-state index in [1.807, 2.05) is 18.2 Å². The van der Waals surface area contributed by atoms with Crippen molar-refractivity contribution in [2.75, 3.05) is 0 Å². The summed E-state index contributed by atoms with van der Waals surface area (Å²) in [5.41, 5.74) is 2.41.